The third kappa shape index (κ3) is 4.66. The number of aromatic nitrogens is 3. The smallest absolute Gasteiger partial charge is 0.147 e. The van der Waals surface area contributed by atoms with Crippen molar-refractivity contribution >= 4 is 0 Å². The summed E-state index contributed by atoms with van der Waals surface area (Å²) in [5, 5.41) is 19.5. The van der Waals surface area contributed by atoms with Crippen molar-refractivity contribution in [2.75, 3.05) is 19.8 Å². The van der Waals surface area contributed by atoms with E-state index in [1.807, 2.05) is 13.0 Å². The Morgan fingerprint density at radius 3 is 2.56 bits per heavy atom. The molecular weight excluding hydrogens is 316 g/mol. The van der Waals surface area contributed by atoms with Gasteiger partial charge in [-0.2, -0.15) is 0 Å². The molecule has 1 N–H and O–H groups in total. The van der Waals surface area contributed by atoms with Crippen LogP contribution in [0.15, 0.2) is 30.3 Å². The van der Waals surface area contributed by atoms with Gasteiger partial charge in [-0.05, 0) is 19.4 Å². The first-order valence-electron chi connectivity index (χ1n) is 9.05. The van der Waals surface area contributed by atoms with Crippen LogP contribution in [-0.4, -0.2) is 50.1 Å². The molecule has 2 heterocycles. The maximum Gasteiger partial charge on any atom is 0.147 e. The number of hydrogen-bond donors (Lipinski definition) is 1. The second kappa shape index (κ2) is 8.08. The Kier molecular flexibility index (Phi) is 5.83. The van der Waals surface area contributed by atoms with Gasteiger partial charge in [0.05, 0.1) is 12.1 Å². The molecule has 6 heteroatoms. The molecule has 1 aromatic heterocycles. The highest BCUT2D eigenvalue weighted by Crippen LogP contribution is 2.23. The molecule has 1 aliphatic heterocycles. The van der Waals surface area contributed by atoms with Crippen molar-refractivity contribution in [2.24, 2.45) is 0 Å². The molecule has 0 saturated carbocycles. The van der Waals surface area contributed by atoms with Crippen molar-refractivity contribution in [1.29, 1.82) is 0 Å². The Hall–Kier alpha value is -1.76. The molecule has 1 aromatic carbocycles. The molecule has 25 heavy (non-hydrogen) atoms. The summed E-state index contributed by atoms with van der Waals surface area (Å²) >= 11 is 0. The summed E-state index contributed by atoms with van der Waals surface area (Å²) in [7, 11) is 0. The lowest BCUT2D eigenvalue weighted by molar-refractivity contribution is -0.0824. The van der Waals surface area contributed by atoms with Gasteiger partial charge in [-0.1, -0.05) is 30.3 Å². The summed E-state index contributed by atoms with van der Waals surface area (Å²) < 4.78 is 7.55. The van der Waals surface area contributed by atoms with Crippen LogP contribution in [-0.2, 0) is 24.4 Å². The van der Waals surface area contributed by atoms with E-state index in [2.05, 4.69) is 50.9 Å². The Morgan fingerprint density at radius 1 is 1.16 bits per heavy atom. The van der Waals surface area contributed by atoms with Gasteiger partial charge in [0.2, 0.25) is 0 Å². The van der Waals surface area contributed by atoms with Crippen molar-refractivity contribution in [2.45, 2.75) is 51.9 Å². The SMILES string of the molecule is CCn1c(C)nnc1CN(Cc1ccccc1)CC1(O)CCOCC1. The van der Waals surface area contributed by atoms with Gasteiger partial charge in [-0.3, -0.25) is 4.90 Å². The summed E-state index contributed by atoms with van der Waals surface area (Å²) in [6.07, 6.45) is 1.36. The van der Waals surface area contributed by atoms with E-state index in [1.54, 1.807) is 0 Å². The fraction of sp³-hybridized carbons (Fsp3) is 0.579. The van der Waals surface area contributed by atoms with Crippen molar-refractivity contribution in [3.8, 4) is 0 Å². The number of aryl methyl sites for hydroxylation is 1. The Labute approximate surface area is 149 Å². The van der Waals surface area contributed by atoms with Crippen LogP contribution in [0.1, 0.15) is 37.0 Å². The van der Waals surface area contributed by atoms with Crippen molar-refractivity contribution in [3.05, 3.63) is 47.5 Å². The highest BCUT2D eigenvalue weighted by Gasteiger charge is 2.32. The minimum Gasteiger partial charge on any atom is -0.388 e. The summed E-state index contributed by atoms with van der Waals surface area (Å²) in [5.74, 6) is 1.88. The highest BCUT2D eigenvalue weighted by molar-refractivity contribution is 5.14. The summed E-state index contributed by atoms with van der Waals surface area (Å²) in [6.45, 7) is 8.25. The molecule has 136 valence electrons. The van der Waals surface area contributed by atoms with Crippen LogP contribution in [0.3, 0.4) is 0 Å². The highest BCUT2D eigenvalue weighted by atomic mass is 16.5. The van der Waals surface area contributed by atoms with E-state index in [-0.39, 0.29) is 0 Å². The van der Waals surface area contributed by atoms with Crippen molar-refractivity contribution in [3.63, 3.8) is 0 Å². The lowest BCUT2D eigenvalue weighted by Crippen LogP contribution is -2.46. The van der Waals surface area contributed by atoms with Crippen LogP contribution in [0, 0.1) is 6.92 Å². The fourth-order valence-electron chi connectivity index (χ4n) is 3.49. The van der Waals surface area contributed by atoms with Crippen LogP contribution in [0.2, 0.25) is 0 Å². The maximum atomic E-state index is 11.0. The molecule has 1 aliphatic rings. The summed E-state index contributed by atoms with van der Waals surface area (Å²) in [6, 6.07) is 10.4. The minimum atomic E-state index is -0.695. The monoisotopic (exact) mass is 344 g/mol. The Balaban J connectivity index is 1.78. The number of nitrogens with zero attached hydrogens (tertiary/aromatic N) is 4. The molecule has 1 fully saturated rings. The number of hydrogen-bond acceptors (Lipinski definition) is 5. The standard InChI is InChI=1S/C19H28N4O2/c1-3-23-16(2)20-21-18(23)14-22(13-17-7-5-4-6-8-17)15-19(24)9-11-25-12-10-19/h4-8,24H,3,9-15H2,1-2H3. The molecule has 0 unspecified atom stereocenters. The van der Waals surface area contributed by atoms with Gasteiger partial charge < -0.3 is 14.4 Å². The molecule has 0 aliphatic carbocycles. The average Bonchev–Trinajstić information content (AvgIpc) is 2.95. The van der Waals surface area contributed by atoms with Gasteiger partial charge in [0.25, 0.3) is 0 Å². The first kappa shape index (κ1) is 18.0. The molecule has 1 saturated heterocycles. The fourth-order valence-corrected chi connectivity index (χ4v) is 3.49. The molecule has 0 atom stereocenters. The molecule has 3 rings (SSSR count). The van der Waals surface area contributed by atoms with Gasteiger partial charge in [-0.15, -0.1) is 10.2 Å². The molecule has 0 radical (unpaired) electrons. The van der Waals surface area contributed by atoms with E-state index in [4.69, 9.17) is 4.74 Å². The van der Waals surface area contributed by atoms with Gasteiger partial charge in [0, 0.05) is 45.7 Å². The second-order valence-electron chi connectivity index (χ2n) is 6.88. The zero-order valence-corrected chi connectivity index (χ0v) is 15.2. The molecule has 0 bridgehead atoms. The summed E-state index contributed by atoms with van der Waals surface area (Å²) in [4.78, 5) is 2.27. The lowest BCUT2D eigenvalue weighted by Gasteiger charge is -2.36. The van der Waals surface area contributed by atoms with Crippen LogP contribution in [0.5, 0.6) is 0 Å². The largest absolute Gasteiger partial charge is 0.388 e. The van der Waals surface area contributed by atoms with Gasteiger partial charge in [0.15, 0.2) is 0 Å². The lowest BCUT2D eigenvalue weighted by atomic mass is 9.93. The number of benzene rings is 1. The molecule has 6 nitrogen and oxygen atoms in total. The topological polar surface area (TPSA) is 63.4 Å². The number of rotatable bonds is 7. The molecule has 0 spiro atoms. The Bertz CT molecular complexity index is 665. The van der Waals surface area contributed by atoms with Gasteiger partial charge in [-0.25, -0.2) is 0 Å². The zero-order valence-electron chi connectivity index (χ0n) is 15.2. The van der Waals surface area contributed by atoms with Crippen LogP contribution in [0.4, 0.5) is 0 Å². The first-order valence-corrected chi connectivity index (χ1v) is 9.05. The van der Waals surface area contributed by atoms with Crippen molar-refractivity contribution < 1.29 is 9.84 Å². The van der Waals surface area contributed by atoms with E-state index >= 15 is 0 Å². The average molecular weight is 344 g/mol. The van der Waals surface area contributed by atoms with Crippen LogP contribution < -0.4 is 0 Å². The van der Waals surface area contributed by atoms with Gasteiger partial charge >= 0.3 is 0 Å². The molecule has 2 aromatic rings. The first-order chi connectivity index (χ1) is 12.1. The molecular formula is C19H28N4O2. The summed E-state index contributed by atoms with van der Waals surface area (Å²) in [5.41, 5.74) is 0.538. The third-order valence-electron chi connectivity index (χ3n) is 4.88. The van der Waals surface area contributed by atoms with E-state index < -0.39 is 5.60 Å². The molecule has 0 amide bonds. The van der Waals surface area contributed by atoms with E-state index in [0.717, 1.165) is 24.7 Å². The quantitative estimate of drug-likeness (QED) is 0.834. The van der Waals surface area contributed by atoms with Crippen LogP contribution in [0.25, 0.3) is 0 Å². The van der Waals surface area contributed by atoms with E-state index in [0.29, 0.717) is 39.1 Å². The third-order valence-corrected chi connectivity index (χ3v) is 4.88. The maximum absolute atomic E-state index is 11.0. The van der Waals surface area contributed by atoms with E-state index in [1.165, 1.54) is 5.56 Å². The minimum absolute atomic E-state index is 0.612. The second-order valence-corrected chi connectivity index (χ2v) is 6.88. The van der Waals surface area contributed by atoms with E-state index in [9.17, 15) is 5.11 Å². The predicted molar refractivity (Wildman–Crippen MR) is 96.0 cm³/mol. The predicted octanol–water partition coefficient (Wildman–Crippen LogP) is 2.15. The Morgan fingerprint density at radius 2 is 1.88 bits per heavy atom. The van der Waals surface area contributed by atoms with Crippen molar-refractivity contribution in [1.82, 2.24) is 19.7 Å². The normalized spacial score (nSPS) is 17.1. The van der Waals surface area contributed by atoms with Gasteiger partial charge in [0.1, 0.15) is 11.6 Å². The number of ether oxygens (including phenoxy) is 1. The number of aliphatic hydroxyl groups is 1. The van der Waals surface area contributed by atoms with Crippen LogP contribution >= 0.6 is 0 Å². The zero-order chi connectivity index (χ0) is 17.7.